The van der Waals surface area contributed by atoms with E-state index in [1.165, 1.54) is 0 Å². The number of halogens is 3. The van der Waals surface area contributed by atoms with E-state index < -0.39 is 18.3 Å². The third-order valence-corrected chi connectivity index (χ3v) is 5.63. The third kappa shape index (κ3) is 5.01. The van der Waals surface area contributed by atoms with Crippen molar-refractivity contribution in [2.24, 2.45) is 0 Å². The molecule has 0 heterocycles. The molecule has 0 saturated heterocycles. The van der Waals surface area contributed by atoms with Crippen LogP contribution in [-0.2, 0) is 13.1 Å². The number of hydrogen-bond donors (Lipinski definition) is 1. The van der Waals surface area contributed by atoms with Crippen LogP contribution in [0, 0.1) is 0 Å². The van der Waals surface area contributed by atoms with Crippen molar-refractivity contribution in [2.75, 3.05) is 0 Å². The van der Waals surface area contributed by atoms with Crippen LogP contribution in [0.1, 0.15) is 22.7 Å². The minimum absolute atomic E-state index is 0.261. The quantitative estimate of drug-likeness (QED) is 0.358. The normalized spacial score (nSPS) is 13.9. The monoisotopic (exact) mass is 435 g/mol. The summed E-state index contributed by atoms with van der Waals surface area (Å²) < 4.78 is 41.8. The van der Waals surface area contributed by atoms with E-state index in [2.05, 4.69) is 0 Å². The SMILES string of the molecule is O[C@H]([C@@H](c1cccc2ccccc12)N(Cc1ccccc1)Cc1ccccc1)C(F)(F)F. The molecule has 0 amide bonds. The number of alkyl halides is 3. The van der Waals surface area contributed by atoms with Crippen molar-refractivity contribution in [2.45, 2.75) is 31.4 Å². The smallest absolute Gasteiger partial charge is 0.382 e. The molecule has 0 fully saturated rings. The van der Waals surface area contributed by atoms with Gasteiger partial charge in [0.2, 0.25) is 0 Å². The molecule has 0 unspecified atom stereocenters. The molecule has 32 heavy (non-hydrogen) atoms. The van der Waals surface area contributed by atoms with Crippen LogP contribution in [-0.4, -0.2) is 22.3 Å². The Kier molecular flexibility index (Phi) is 6.58. The van der Waals surface area contributed by atoms with Gasteiger partial charge in [0.15, 0.2) is 6.10 Å². The summed E-state index contributed by atoms with van der Waals surface area (Å²) in [5.41, 5.74) is 2.21. The third-order valence-electron chi connectivity index (χ3n) is 5.63. The van der Waals surface area contributed by atoms with E-state index in [-0.39, 0.29) is 13.1 Å². The van der Waals surface area contributed by atoms with Gasteiger partial charge in [-0.25, -0.2) is 0 Å². The van der Waals surface area contributed by atoms with E-state index in [1.807, 2.05) is 91.0 Å². The van der Waals surface area contributed by atoms with E-state index in [4.69, 9.17) is 0 Å². The van der Waals surface area contributed by atoms with Gasteiger partial charge in [0.25, 0.3) is 0 Å². The molecular weight excluding hydrogens is 411 g/mol. The van der Waals surface area contributed by atoms with Gasteiger partial charge in [-0.15, -0.1) is 0 Å². The van der Waals surface area contributed by atoms with Crippen LogP contribution in [0.15, 0.2) is 103 Å². The summed E-state index contributed by atoms with van der Waals surface area (Å²) in [7, 11) is 0. The van der Waals surface area contributed by atoms with E-state index in [1.54, 1.807) is 17.0 Å². The highest BCUT2D eigenvalue weighted by Gasteiger charge is 2.46. The number of aliphatic hydroxyl groups excluding tert-OH is 1. The Morgan fingerprint density at radius 1 is 0.656 bits per heavy atom. The summed E-state index contributed by atoms with van der Waals surface area (Å²) in [6.07, 6.45) is -7.31. The highest BCUT2D eigenvalue weighted by Crippen LogP contribution is 2.39. The Balaban J connectivity index is 1.85. The molecule has 1 N–H and O–H groups in total. The number of benzene rings is 4. The van der Waals surface area contributed by atoms with Gasteiger partial charge >= 0.3 is 6.18 Å². The molecule has 2 atom stereocenters. The van der Waals surface area contributed by atoms with Crippen LogP contribution in [0.4, 0.5) is 13.2 Å². The Morgan fingerprint density at radius 3 is 1.72 bits per heavy atom. The number of hydrogen-bond acceptors (Lipinski definition) is 2. The summed E-state index contributed by atoms with van der Waals surface area (Å²) in [5.74, 6) is 0. The van der Waals surface area contributed by atoms with Gasteiger partial charge < -0.3 is 5.11 Å². The van der Waals surface area contributed by atoms with Crippen molar-refractivity contribution in [1.29, 1.82) is 0 Å². The minimum atomic E-state index is -4.77. The topological polar surface area (TPSA) is 23.5 Å². The lowest BCUT2D eigenvalue weighted by atomic mass is 9.92. The molecular formula is C27H24F3NO. The maximum atomic E-state index is 13.9. The Labute approximate surface area is 185 Å². The maximum absolute atomic E-state index is 13.9. The molecule has 0 aliphatic heterocycles. The molecule has 5 heteroatoms. The Hall–Kier alpha value is -3.15. The molecule has 0 radical (unpaired) electrons. The van der Waals surface area contributed by atoms with Gasteiger partial charge in [-0.05, 0) is 27.5 Å². The fraction of sp³-hybridized carbons (Fsp3) is 0.185. The van der Waals surface area contributed by atoms with Crippen molar-refractivity contribution >= 4 is 10.8 Å². The van der Waals surface area contributed by atoms with E-state index in [0.717, 1.165) is 16.5 Å². The first-order chi connectivity index (χ1) is 15.4. The lowest BCUT2D eigenvalue weighted by Crippen LogP contribution is -2.43. The molecule has 4 rings (SSSR count). The zero-order valence-electron chi connectivity index (χ0n) is 17.4. The first kappa shape index (κ1) is 22.1. The average Bonchev–Trinajstić information content (AvgIpc) is 2.80. The van der Waals surface area contributed by atoms with Gasteiger partial charge in [0.05, 0.1) is 6.04 Å². The van der Waals surface area contributed by atoms with Crippen LogP contribution in [0.25, 0.3) is 10.8 Å². The fourth-order valence-corrected chi connectivity index (χ4v) is 4.14. The average molecular weight is 435 g/mol. The predicted molar refractivity (Wildman–Crippen MR) is 121 cm³/mol. The number of nitrogens with zero attached hydrogens (tertiary/aromatic N) is 1. The van der Waals surface area contributed by atoms with Crippen molar-refractivity contribution < 1.29 is 18.3 Å². The second-order valence-electron chi connectivity index (χ2n) is 7.88. The molecule has 0 aliphatic carbocycles. The summed E-state index contributed by atoms with van der Waals surface area (Å²) in [4.78, 5) is 1.71. The molecule has 0 bridgehead atoms. The van der Waals surface area contributed by atoms with E-state index in [9.17, 15) is 18.3 Å². The maximum Gasteiger partial charge on any atom is 0.416 e. The van der Waals surface area contributed by atoms with Crippen molar-refractivity contribution in [3.05, 3.63) is 120 Å². The first-order valence-corrected chi connectivity index (χ1v) is 10.5. The van der Waals surface area contributed by atoms with Crippen LogP contribution < -0.4 is 0 Å². The predicted octanol–water partition coefficient (Wildman–Crippen LogP) is 6.51. The Morgan fingerprint density at radius 2 is 1.16 bits per heavy atom. The van der Waals surface area contributed by atoms with Gasteiger partial charge in [0.1, 0.15) is 0 Å². The highest BCUT2D eigenvalue weighted by molar-refractivity contribution is 5.86. The fourth-order valence-electron chi connectivity index (χ4n) is 4.14. The van der Waals surface area contributed by atoms with Gasteiger partial charge in [-0.1, -0.05) is 103 Å². The van der Waals surface area contributed by atoms with Gasteiger partial charge in [-0.2, -0.15) is 13.2 Å². The lowest BCUT2D eigenvalue weighted by Gasteiger charge is -2.36. The molecule has 4 aromatic carbocycles. The molecule has 2 nitrogen and oxygen atoms in total. The van der Waals surface area contributed by atoms with Crippen LogP contribution in [0.2, 0.25) is 0 Å². The number of aliphatic hydroxyl groups is 1. The van der Waals surface area contributed by atoms with Crippen molar-refractivity contribution in [3.8, 4) is 0 Å². The zero-order chi connectivity index (χ0) is 22.6. The van der Waals surface area contributed by atoms with Gasteiger partial charge in [-0.3, -0.25) is 4.90 Å². The highest BCUT2D eigenvalue weighted by atomic mass is 19.4. The second kappa shape index (κ2) is 9.55. The molecule has 164 valence electrons. The summed E-state index contributed by atoms with van der Waals surface area (Å²) in [6.45, 7) is 0.521. The van der Waals surface area contributed by atoms with Crippen LogP contribution in [0.5, 0.6) is 0 Å². The largest absolute Gasteiger partial charge is 0.416 e. The van der Waals surface area contributed by atoms with Crippen LogP contribution in [0.3, 0.4) is 0 Å². The van der Waals surface area contributed by atoms with Crippen molar-refractivity contribution in [1.82, 2.24) is 4.90 Å². The molecule has 0 saturated carbocycles. The zero-order valence-corrected chi connectivity index (χ0v) is 17.4. The number of fused-ring (bicyclic) bond motifs is 1. The van der Waals surface area contributed by atoms with E-state index >= 15 is 0 Å². The molecule has 4 aromatic rings. The van der Waals surface area contributed by atoms with Crippen LogP contribution >= 0.6 is 0 Å². The summed E-state index contributed by atoms with van der Waals surface area (Å²) >= 11 is 0. The van der Waals surface area contributed by atoms with E-state index in [0.29, 0.717) is 10.9 Å². The minimum Gasteiger partial charge on any atom is -0.382 e. The standard InChI is InChI=1S/C27H24F3NO/c28-27(29,30)26(32)25(24-17-9-15-22-14-7-8-16-23(22)24)31(18-20-10-3-1-4-11-20)19-21-12-5-2-6-13-21/h1-17,25-26,32H,18-19H2/t25-,26-/m1/s1. The van der Waals surface area contributed by atoms with Crippen molar-refractivity contribution in [3.63, 3.8) is 0 Å². The number of rotatable bonds is 7. The summed E-state index contributed by atoms with van der Waals surface area (Å²) in [6, 6.07) is 30.1. The Bertz CT molecular complexity index is 1100. The summed E-state index contributed by atoms with van der Waals surface area (Å²) in [5, 5.41) is 12.2. The van der Waals surface area contributed by atoms with Gasteiger partial charge in [0, 0.05) is 13.1 Å². The second-order valence-corrected chi connectivity index (χ2v) is 7.88. The lowest BCUT2D eigenvalue weighted by molar-refractivity contribution is -0.224. The molecule has 0 aromatic heterocycles. The first-order valence-electron chi connectivity index (χ1n) is 10.5. The molecule has 0 aliphatic rings. The molecule has 0 spiro atoms.